The molecular formula is C19H14F3N3O4. The van der Waals surface area contributed by atoms with E-state index < -0.39 is 23.6 Å². The number of alkyl halides is 3. The molecule has 0 aliphatic heterocycles. The average Bonchev–Trinajstić information content (AvgIpc) is 3.22. The molecule has 0 bridgehead atoms. The summed E-state index contributed by atoms with van der Waals surface area (Å²) in [6.07, 6.45) is -1.83. The third-order valence-corrected chi connectivity index (χ3v) is 3.81. The van der Waals surface area contributed by atoms with Crippen LogP contribution in [0, 0.1) is 0 Å². The van der Waals surface area contributed by atoms with E-state index in [4.69, 9.17) is 9.15 Å². The van der Waals surface area contributed by atoms with Crippen LogP contribution in [0.3, 0.4) is 0 Å². The van der Waals surface area contributed by atoms with Crippen LogP contribution >= 0.6 is 0 Å². The molecule has 0 unspecified atom stereocenters. The summed E-state index contributed by atoms with van der Waals surface area (Å²) in [7, 11) is 1.42. The largest absolute Gasteiger partial charge is 0.496 e. The Hall–Kier alpha value is -3.82. The fourth-order valence-electron chi connectivity index (χ4n) is 2.47. The number of hydrogen-bond donors (Lipinski definition) is 2. The van der Waals surface area contributed by atoms with Crippen LogP contribution < -0.4 is 15.4 Å². The van der Waals surface area contributed by atoms with E-state index in [1.54, 1.807) is 6.07 Å². The third-order valence-electron chi connectivity index (χ3n) is 3.81. The van der Waals surface area contributed by atoms with Crippen LogP contribution in [0.1, 0.15) is 5.56 Å². The minimum atomic E-state index is -4.56. The van der Waals surface area contributed by atoms with Crippen molar-refractivity contribution in [3.63, 3.8) is 0 Å². The predicted octanol–water partition coefficient (Wildman–Crippen LogP) is 3.95. The fraction of sp³-hybridized carbons (Fsp3) is 0.105. The zero-order valence-corrected chi connectivity index (χ0v) is 14.9. The third kappa shape index (κ3) is 4.72. The minimum absolute atomic E-state index is 0.154. The molecule has 3 aromatic rings. The van der Waals surface area contributed by atoms with Gasteiger partial charge in [0.05, 0.1) is 24.4 Å². The summed E-state index contributed by atoms with van der Waals surface area (Å²) >= 11 is 0. The van der Waals surface area contributed by atoms with Gasteiger partial charge >= 0.3 is 18.0 Å². The zero-order chi connectivity index (χ0) is 21.0. The smallest absolute Gasteiger partial charge is 0.416 e. The quantitative estimate of drug-likeness (QED) is 0.642. The van der Waals surface area contributed by atoms with Crippen molar-refractivity contribution in [2.45, 2.75) is 6.18 Å². The van der Waals surface area contributed by atoms with Crippen molar-refractivity contribution in [2.24, 2.45) is 0 Å². The van der Waals surface area contributed by atoms with E-state index in [9.17, 15) is 22.8 Å². The second-order valence-electron chi connectivity index (χ2n) is 5.77. The van der Waals surface area contributed by atoms with E-state index in [-0.39, 0.29) is 11.4 Å². The summed E-state index contributed by atoms with van der Waals surface area (Å²) in [4.78, 5) is 27.9. The van der Waals surface area contributed by atoms with Gasteiger partial charge in [0, 0.05) is 17.4 Å². The molecule has 29 heavy (non-hydrogen) atoms. The lowest BCUT2D eigenvalue weighted by Crippen LogP contribution is -2.29. The molecule has 0 aliphatic carbocycles. The number of rotatable bonds is 4. The highest BCUT2D eigenvalue weighted by Gasteiger charge is 2.30. The maximum Gasteiger partial charge on any atom is 0.416 e. The molecule has 1 heterocycles. The highest BCUT2D eigenvalue weighted by molar-refractivity contribution is 6.43. The average molecular weight is 405 g/mol. The first-order chi connectivity index (χ1) is 13.8. The van der Waals surface area contributed by atoms with Gasteiger partial charge in [-0.15, -0.1) is 0 Å². The standard InChI is InChI=1S/C19H14F3N3O4/c1-28-15-8-13(5-6-14(15)16-9-23-10-29-16)25-18(27)17(26)24-12-4-2-3-11(7-12)19(20,21)22/h2-10H,1H3,(H,24,26)(H,25,27). The van der Waals surface area contributed by atoms with Crippen LogP contribution in [0.2, 0.25) is 0 Å². The molecule has 0 spiro atoms. The Morgan fingerprint density at radius 1 is 1.03 bits per heavy atom. The number of anilines is 2. The molecule has 1 aromatic heterocycles. The number of methoxy groups -OCH3 is 1. The minimum Gasteiger partial charge on any atom is -0.496 e. The van der Waals surface area contributed by atoms with Crippen molar-refractivity contribution in [3.05, 3.63) is 60.6 Å². The van der Waals surface area contributed by atoms with Crippen LogP contribution in [-0.4, -0.2) is 23.9 Å². The van der Waals surface area contributed by atoms with Gasteiger partial charge in [0.2, 0.25) is 0 Å². The van der Waals surface area contributed by atoms with Crippen molar-refractivity contribution >= 4 is 23.2 Å². The second-order valence-corrected chi connectivity index (χ2v) is 5.77. The molecular weight excluding hydrogens is 391 g/mol. The van der Waals surface area contributed by atoms with Crippen molar-refractivity contribution in [1.82, 2.24) is 4.98 Å². The highest BCUT2D eigenvalue weighted by Crippen LogP contribution is 2.32. The lowest BCUT2D eigenvalue weighted by atomic mass is 10.1. The van der Waals surface area contributed by atoms with Crippen LogP contribution in [0.15, 0.2) is 59.5 Å². The number of ether oxygens (including phenoxy) is 1. The van der Waals surface area contributed by atoms with Gasteiger partial charge in [-0.25, -0.2) is 4.98 Å². The van der Waals surface area contributed by atoms with Gasteiger partial charge in [-0.2, -0.15) is 13.2 Å². The lowest BCUT2D eigenvalue weighted by molar-refractivity contribution is -0.137. The first-order valence-corrected chi connectivity index (χ1v) is 8.14. The Labute approximate surface area is 162 Å². The van der Waals surface area contributed by atoms with Crippen LogP contribution in [0.4, 0.5) is 24.5 Å². The normalized spacial score (nSPS) is 11.0. The van der Waals surface area contributed by atoms with Gasteiger partial charge < -0.3 is 19.8 Å². The van der Waals surface area contributed by atoms with Gasteiger partial charge in [-0.3, -0.25) is 9.59 Å². The van der Waals surface area contributed by atoms with Gasteiger partial charge in [0.15, 0.2) is 12.2 Å². The maximum atomic E-state index is 12.7. The van der Waals surface area contributed by atoms with Gasteiger partial charge in [0.1, 0.15) is 5.75 Å². The number of nitrogens with one attached hydrogen (secondary N) is 2. The number of amides is 2. The Kier molecular flexibility index (Phi) is 5.53. The van der Waals surface area contributed by atoms with E-state index in [1.807, 2.05) is 0 Å². The molecule has 2 amide bonds. The van der Waals surface area contributed by atoms with E-state index in [0.717, 1.165) is 18.2 Å². The fourth-order valence-corrected chi connectivity index (χ4v) is 2.47. The maximum absolute atomic E-state index is 12.7. The van der Waals surface area contributed by atoms with E-state index in [0.29, 0.717) is 17.1 Å². The summed E-state index contributed by atoms with van der Waals surface area (Å²) in [6.45, 7) is 0. The number of halogens is 3. The summed E-state index contributed by atoms with van der Waals surface area (Å²) in [5.41, 5.74) is -0.271. The summed E-state index contributed by atoms with van der Waals surface area (Å²) in [6, 6.07) is 8.54. The Morgan fingerprint density at radius 2 is 1.72 bits per heavy atom. The first-order valence-electron chi connectivity index (χ1n) is 8.14. The Bertz CT molecular complexity index is 1030. The molecule has 10 heteroatoms. The van der Waals surface area contributed by atoms with Crippen LogP contribution in [-0.2, 0) is 15.8 Å². The molecule has 0 fully saturated rings. The molecule has 0 aliphatic rings. The molecule has 2 aromatic carbocycles. The van der Waals surface area contributed by atoms with Crippen molar-refractivity contribution in [1.29, 1.82) is 0 Å². The molecule has 150 valence electrons. The molecule has 0 radical (unpaired) electrons. The van der Waals surface area contributed by atoms with Gasteiger partial charge in [-0.1, -0.05) is 6.07 Å². The molecule has 3 rings (SSSR count). The van der Waals surface area contributed by atoms with E-state index in [1.165, 1.54) is 37.9 Å². The molecule has 0 atom stereocenters. The number of carbonyl (C=O) groups is 2. The topological polar surface area (TPSA) is 93.5 Å². The summed E-state index contributed by atoms with van der Waals surface area (Å²) in [5, 5.41) is 4.49. The van der Waals surface area contributed by atoms with Crippen molar-refractivity contribution < 1.29 is 31.9 Å². The van der Waals surface area contributed by atoms with Crippen molar-refractivity contribution in [2.75, 3.05) is 17.7 Å². The van der Waals surface area contributed by atoms with Crippen molar-refractivity contribution in [3.8, 4) is 17.1 Å². The Balaban J connectivity index is 1.71. The van der Waals surface area contributed by atoms with Gasteiger partial charge in [0.25, 0.3) is 0 Å². The first kappa shape index (κ1) is 19.9. The number of hydrogen-bond acceptors (Lipinski definition) is 5. The lowest BCUT2D eigenvalue weighted by Gasteiger charge is -2.11. The summed E-state index contributed by atoms with van der Waals surface area (Å²) in [5.74, 6) is -1.38. The molecule has 0 saturated carbocycles. The summed E-state index contributed by atoms with van der Waals surface area (Å²) < 4.78 is 48.7. The second kappa shape index (κ2) is 8.05. The number of aromatic nitrogens is 1. The van der Waals surface area contributed by atoms with Crippen LogP contribution in [0.5, 0.6) is 5.75 Å². The molecule has 7 nitrogen and oxygen atoms in total. The monoisotopic (exact) mass is 405 g/mol. The SMILES string of the molecule is COc1cc(NC(=O)C(=O)Nc2cccc(C(F)(F)F)c2)ccc1-c1cnco1. The predicted molar refractivity (Wildman–Crippen MR) is 97.2 cm³/mol. The Morgan fingerprint density at radius 3 is 2.31 bits per heavy atom. The molecule has 2 N–H and O–H groups in total. The zero-order valence-electron chi connectivity index (χ0n) is 14.9. The number of nitrogens with zero attached hydrogens (tertiary/aromatic N) is 1. The van der Waals surface area contributed by atoms with E-state index in [2.05, 4.69) is 15.6 Å². The number of carbonyl (C=O) groups excluding carboxylic acids is 2. The number of benzene rings is 2. The highest BCUT2D eigenvalue weighted by atomic mass is 19.4. The number of oxazole rings is 1. The van der Waals surface area contributed by atoms with E-state index >= 15 is 0 Å². The molecule has 0 saturated heterocycles. The van der Waals surface area contributed by atoms with Crippen LogP contribution in [0.25, 0.3) is 11.3 Å². The van der Waals surface area contributed by atoms with Gasteiger partial charge in [-0.05, 0) is 30.3 Å².